The highest BCUT2D eigenvalue weighted by molar-refractivity contribution is 7.92. The van der Waals surface area contributed by atoms with Crippen LogP contribution in [0.15, 0.2) is 42.5 Å². The lowest BCUT2D eigenvalue weighted by Gasteiger charge is -2.11. The Morgan fingerprint density at radius 1 is 1.17 bits per heavy atom. The first kappa shape index (κ1) is 21.6. The molecule has 0 fully saturated rings. The highest BCUT2D eigenvalue weighted by Gasteiger charge is 2.19. The number of nitriles is 1. The van der Waals surface area contributed by atoms with E-state index in [1.54, 1.807) is 37.3 Å². The van der Waals surface area contributed by atoms with Gasteiger partial charge >= 0.3 is 6.61 Å². The molecular weight excluding hydrogens is 412 g/mol. The molecule has 0 bridgehead atoms. The zero-order valence-electron chi connectivity index (χ0n) is 16.5. The fourth-order valence-electron chi connectivity index (χ4n) is 3.44. The molecule has 0 aliphatic heterocycles. The summed E-state index contributed by atoms with van der Waals surface area (Å²) in [6.07, 6.45) is 0.507. The van der Waals surface area contributed by atoms with Crippen molar-refractivity contribution in [3.63, 3.8) is 0 Å². The van der Waals surface area contributed by atoms with Gasteiger partial charge in [0.05, 0.1) is 22.5 Å². The van der Waals surface area contributed by atoms with Crippen molar-refractivity contribution < 1.29 is 21.9 Å². The Bertz CT molecular complexity index is 1200. The summed E-state index contributed by atoms with van der Waals surface area (Å²) in [5.74, 6) is 0.0434. The van der Waals surface area contributed by atoms with Crippen molar-refractivity contribution in [2.45, 2.75) is 33.4 Å². The summed E-state index contributed by atoms with van der Waals surface area (Å²) in [6.45, 7) is 1.23. The highest BCUT2D eigenvalue weighted by atomic mass is 32.2. The zero-order chi connectivity index (χ0) is 21.9. The molecule has 1 N–H and O–H groups in total. The summed E-state index contributed by atoms with van der Waals surface area (Å²) in [4.78, 5) is 0. The fraction of sp³-hybridized carbons (Fsp3) is 0.286. The van der Waals surface area contributed by atoms with E-state index < -0.39 is 16.6 Å². The van der Waals surface area contributed by atoms with Gasteiger partial charge in [0.25, 0.3) is 0 Å². The Labute approximate surface area is 173 Å². The number of benzene rings is 2. The molecule has 6 nitrogen and oxygen atoms in total. The van der Waals surface area contributed by atoms with Gasteiger partial charge in [-0.25, -0.2) is 8.42 Å². The molecule has 9 heteroatoms. The van der Waals surface area contributed by atoms with Crippen LogP contribution in [0.5, 0.6) is 5.75 Å². The first-order valence-electron chi connectivity index (χ1n) is 9.41. The standard InChI is InChI=1S/C21H21F2N3O3S/c1-3-11-30(27,28)25-15-7-5-14(6-8-15)20-18(13-24)17-10-9-16(29-21(22)23)12-19(17)26(20)4-2/h5-10,12,21,25H,3-4,11H2,1-2H3. The van der Waals surface area contributed by atoms with Crippen molar-refractivity contribution >= 4 is 26.6 Å². The molecule has 0 aliphatic rings. The number of anilines is 1. The number of hydrogen-bond donors (Lipinski definition) is 1. The maximum Gasteiger partial charge on any atom is 0.387 e. The average molecular weight is 433 g/mol. The number of ether oxygens (including phenoxy) is 1. The molecule has 3 aromatic rings. The maximum absolute atomic E-state index is 12.6. The molecule has 0 spiro atoms. The number of halogens is 2. The number of rotatable bonds is 8. The third-order valence-corrected chi connectivity index (χ3v) is 6.09. The molecule has 0 unspecified atom stereocenters. The number of aromatic nitrogens is 1. The third-order valence-electron chi connectivity index (χ3n) is 4.59. The van der Waals surface area contributed by atoms with E-state index in [0.717, 1.165) is 0 Å². The van der Waals surface area contributed by atoms with Crippen LogP contribution < -0.4 is 9.46 Å². The maximum atomic E-state index is 12.6. The van der Waals surface area contributed by atoms with Crippen molar-refractivity contribution in [1.29, 1.82) is 5.26 Å². The Morgan fingerprint density at radius 3 is 2.43 bits per heavy atom. The van der Waals surface area contributed by atoms with Gasteiger partial charge in [0.2, 0.25) is 10.0 Å². The largest absolute Gasteiger partial charge is 0.435 e. The van der Waals surface area contributed by atoms with Crippen LogP contribution in [0.3, 0.4) is 0 Å². The van der Waals surface area contributed by atoms with Crippen molar-refractivity contribution in [3.8, 4) is 23.1 Å². The van der Waals surface area contributed by atoms with Gasteiger partial charge in [0, 0.05) is 23.7 Å². The second-order valence-electron chi connectivity index (χ2n) is 6.64. The van der Waals surface area contributed by atoms with Crippen LogP contribution >= 0.6 is 0 Å². The fourth-order valence-corrected chi connectivity index (χ4v) is 4.58. The topological polar surface area (TPSA) is 84.1 Å². The summed E-state index contributed by atoms with van der Waals surface area (Å²) in [5, 5.41) is 10.4. The highest BCUT2D eigenvalue weighted by Crippen LogP contribution is 2.36. The van der Waals surface area contributed by atoms with E-state index in [2.05, 4.69) is 15.5 Å². The number of fused-ring (bicyclic) bond motifs is 1. The second-order valence-corrected chi connectivity index (χ2v) is 8.48. The minimum absolute atomic E-state index is 0.0152. The van der Waals surface area contributed by atoms with Crippen LogP contribution in [-0.2, 0) is 16.6 Å². The minimum atomic E-state index is -3.41. The summed E-state index contributed by atoms with van der Waals surface area (Å²) in [5.41, 5.74) is 2.79. The predicted octanol–water partition coefficient (Wildman–Crippen LogP) is 4.95. The van der Waals surface area contributed by atoms with Crippen LogP contribution in [0.2, 0.25) is 0 Å². The van der Waals surface area contributed by atoms with Crippen LogP contribution in [0.25, 0.3) is 22.2 Å². The number of nitrogens with zero attached hydrogens (tertiary/aromatic N) is 2. The summed E-state index contributed by atoms with van der Waals surface area (Å²) >= 11 is 0. The van der Waals surface area contributed by atoms with Gasteiger partial charge in [0.1, 0.15) is 11.8 Å². The lowest BCUT2D eigenvalue weighted by atomic mass is 10.1. The minimum Gasteiger partial charge on any atom is -0.435 e. The van der Waals surface area contributed by atoms with Gasteiger partial charge in [-0.2, -0.15) is 14.0 Å². The summed E-state index contributed by atoms with van der Waals surface area (Å²) in [6, 6.07) is 13.4. The van der Waals surface area contributed by atoms with Gasteiger partial charge in [-0.3, -0.25) is 4.72 Å². The lowest BCUT2D eigenvalue weighted by Crippen LogP contribution is -2.15. The van der Waals surface area contributed by atoms with Crippen molar-refractivity contribution in [2.75, 3.05) is 10.5 Å². The number of alkyl halides is 2. The zero-order valence-corrected chi connectivity index (χ0v) is 17.3. The van der Waals surface area contributed by atoms with Crippen LogP contribution in [0, 0.1) is 11.3 Å². The number of nitrogens with one attached hydrogen (secondary N) is 1. The Kier molecular flexibility index (Phi) is 6.27. The van der Waals surface area contributed by atoms with E-state index in [1.807, 2.05) is 11.5 Å². The normalized spacial score (nSPS) is 11.6. The third kappa shape index (κ3) is 4.39. The van der Waals surface area contributed by atoms with Crippen molar-refractivity contribution in [2.24, 2.45) is 0 Å². The van der Waals surface area contributed by atoms with Crippen LogP contribution in [0.1, 0.15) is 25.8 Å². The van der Waals surface area contributed by atoms with Gasteiger partial charge in [0.15, 0.2) is 0 Å². The molecular formula is C21H21F2N3O3S. The van der Waals surface area contributed by atoms with E-state index in [1.165, 1.54) is 12.1 Å². The first-order valence-corrected chi connectivity index (χ1v) is 11.1. The van der Waals surface area contributed by atoms with Gasteiger partial charge < -0.3 is 9.30 Å². The SMILES string of the molecule is CCCS(=O)(=O)Nc1ccc(-c2c(C#N)c3ccc(OC(F)F)cc3n2CC)cc1. The Morgan fingerprint density at radius 2 is 1.87 bits per heavy atom. The molecule has 0 radical (unpaired) electrons. The molecule has 30 heavy (non-hydrogen) atoms. The van der Waals surface area contributed by atoms with E-state index in [4.69, 9.17) is 0 Å². The summed E-state index contributed by atoms with van der Waals surface area (Å²) in [7, 11) is -3.41. The lowest BCUT2D eigenvalue weighted by molar-refractivity contribution is -0.0497. The second kappa shape index (κ2) is 8.71. The number of hydrogen-bond acceptors (Lipinski definition) is 4. The van der Waals surface area contributed by atoms with Crippen LogP contribution in [0.4, 0.5) is 14.5 Å². The van der Waals surface area contributed by atoms with E-state index in [9.17, 15) is 22.5 Å². The monoisotopic (exact) mass is 433 g/mol. The molecule has 1 heterocycles. The molecule has 0 amide bonds. The van der Waals surface area contributed by atoms with Crippen molar-refractivity contribution in [3.05, 3.63) is 48.0 Å². The number of aryl methyl sites for hydroxylation is 1. The Balaban J connectivity index is 2.08. The molecule has 0 atom stereocenters. The number of sulfonamides is 1. The first-order chi connectivity index (χ1) is 14.3. The molecule has 1 aromatic heterocycles. The smallest absolute Gasteiger partial charge is 0.387 e. The molecule has 0 aliphatic carbocycles. The summed E-state index contributed by atoms with van der Waals surface area (Å²) < 4.78 is 58.0. The van der Waals surface area contributed by atoms with Gasteiger partial charge in [-0.1, -0.05) is 19.1 Å². The van der Waals surface area contributed by atoms with E-state index in [-0.39, 0.29) is 11.5 Å². The van der Waals surface area contributed by atoms with Crippen LogP contribution in [-0.4, -0.2) is 25.3 Å². The molecule has 0 saturated carbocycles. The van der Waals surface area contributed by atoms with E-state index >= 15 is 0 Å². The van der Waals surface area contributed by atoms with Gasteiger partial charge in [-0.15, -0.1) is 0 Å². The molecule has 2 aromatic carbocycles. The predicted molar refractivity (Wildman–Crippen MR) is 112 cm³/mol. The molecule has 0 saturated heterocycles. The quantitative estimate of drug-likeness (QED) is 0.545. The molecule has 158 valence electrons. The van der Waals surface area contributed by atoms with Gasteiger partial charge in [-0.05, 0) is 43.2 Å². The van der Waals surface area contributed by atoms with Crippen molar-refractivity contribution in [1.82, 2.24) is 4.57 Å². The Hall–Kier alpha value is -3.12. The van der Waals surface area contributed by atoms with E-state index in [0.29, 0.717) is 46.4 Å². The molecule has 3 rings (SSSR count). The average Bonchev–Trinajstić information content (AvgIpc) is 3.00.